The molecule has 0 radical (unpaired) electrons. The Kier molecular flexibility index (Phi) is 3.84. The van der Waals surface area contributed by atoms with Gasteiger partial charge in [0.2, 0.25) is 0 Å². The molecule has 0 aliphatic rings. The van der Waals surface area contributed by atoms with Gasteiger partial charge in [-0.1, -0.05) is 0 Å². The summed E-state index contributed by atoms with van der Waals surface area (Å²) < 4.78 is 26.5. The molecule has 0 bridgehead atoms. The van der Waals surface area contributed by atoms with Crippen molar-refractivity contribution in [1.82, 2.24) is 4.98 Å². The molecule has 0 spiro atoms. The lowest BCUT2D eigenvalue weighted by Gasteiger charge is -1.97. The lowest BCUT2D eigenvalue weighted by atomic mass is 10.4. The van der Waals surface area contributed by atoms with E-state index in [1.54, 1.807) is 0 Å². The summed E-state index contributed by atoms with van der Waals surface area (Å²) in [6, 6.07) is 0. The molecule has 74 valence electrons. The number of aromatic nitrogens is 1. The zero-order chi connectivity index (χ0) is 9.90. The average molecular weight is 286 g/mol. The van der Waals surface area contributed by atoms with Gasteiger partial charge >= 0.3 is 0 Å². The maximum atomic E-state index is 10.6. The SMILES string of the molecule is CS(=O)(=O)OCCc1csc(Br)n1. The third-order valence-corrected chi connectivity index (χ3v) is 3.19. The highest BCUT2D eigenvalue weighted by Crippen LogP contribution is 2.16. The van der Waals surface area contributed by atoms with Crippen LogP contribution in [0.5, 0.6) is 0 Å². The lowest BCUT2D eigenvalue weighted by molar-refractivity contribution is 0.325. The third-order valence-electron chi connectivity index (χ3n) is 1.18. The van der Waals surface area contributed by atoms with Crippen LogP contribution in [-0.4, -0.2) is 26.3 Å². The average Bonchev–Trinajstić information content (AvgIpc) is 2.33. The van der Waals surface area contributed by atoms with Crippen molar-refractivity contribution in [2.24, 2.45) is 0 Å². The van der Waals surface area contributed by atoms with Crippen molar-refractivity contribution >= 4 is 37.4 Å². The van der Waals surface area contributed by atoms with Crippen molar-refractivity contribution in [3.05, 3.63) is 15.0 Å². The van der Waals surface area contributed by atoms with Crippen LogP contribution in [0.15, 0.2) is 9.30 Å². The monoisotopic (exact) mass is 285 g/mol. The first-order chi connectivity index (χ1) is 5.97. The van der Waals surface area contributed by atoms with Gasteiger partial charge in [-0.2, -0.15) is 8.42 Å². The topological polar surface area (TPSA) is 56.3 Å². The fourth-order valence-electron chi connectivity index (χ4n) is 0.695. The molecule has 4 nitrogen and oxygen atoms in total. The molecule has 0 fully saturated rings. The molecule has 0 atom stereocenters. The van der Waals surface area contributed by atoms with E-state index >= 15 is 0 Å². The minimum atomic E-state index is -3.32. The highest BCUT2D eigenvalue weighted by molar-refractivity contribution is 9.11. The van der Waals surface area contributed by atoms with E-state index in [1.165, 1.54) is 11.3 Å². The van der Waals surface area contributed by atoms with Crippen molar-refractivity contribution in [2.75, 3.05) is 12.9 Å². The molecule has 7 heteroatoms. The van der Waals surface area contributed by atoms with Gasteiger partial charge in [0, 0.05) is 11.8 Å². The molecule has 0 unspecified atom stereocenters. The van der Waals surface area contributed by atoms with Crippen molar-refractivity contribution in [2.45, 2.75) is 6.42 Å². The van der Waals surface area contributed by atoms with E-state index in [9.17, 15) is 8.42 Å². The minimum Gasteiger partial charge on any atom is -0.270 e. The van der Waals surface area contributed by atoms with Gasteiger partial charge in [0.1, 0.15) is 0 Å². The Balaban J connectivity index is 2.36. The normalized spacial score (nSPS) is 11.8. The Morgan fingerprint density at radius 3 is 2.85 bits per heavy atom. The summed E-state index contributed by atoms with van der Waals surface area (Å²) in [6.07, 6.45) is 1.54. The van der Waals surface area contributed by atoms with Crippen LogP contribution in [0.25, 0.3) is 0 Å². The molecule has 1 aromatic heterocycles. The van der Waals surface area contributed by atoms with Gasteiger partial charge in [-0.3, -0.25) is 4.18 Å². The molecular weight excluding hydrogens is 278 g/mol. The van der Waals surface area contributed by atoms with E-state index in [4.69, 9.17) is 0 Å². The van der Waals surface area contributed by atoms with Gasteiger partial charge in [0.15, 0.2) is 3.92 Å². The Morgan fingerprint density at radius 1 is 1.69 bits per heavy atom. The molecule has 0 aromatic carbocycles. The second-order valence-corrected chi connectivity index (χ2v) is 6.15. The summed E-state index contributed by atoms with van der Waals surface area (Å²) in [5.41, 5.74) is 0.834. The number of hydrogen-bond donors (Lipinski definition) is 0. The van der Waals surface area contributed by atoms with Crippen molar-refractivity contribution in [1.29, 1.82) is 0 Å². The Bertz CT molecular complexity index is 373. The van der Waals surface area contributed by atoms with Crippen LogP contribution in [0.4, 0.5) is 0 Å². The summed E-state index contributed by atoms with van der Waals surface area (Å²) in [5, 5.41) is 1.86. The molecule has 0 saturated carbocycles. The van der Waals surface area contributed by atoms with Crippen molar-refractivity contribution in [3.63, 3.8) is 0 Å². The lowest BCUT2D eigenvalue weighted by Crippen LogP contribution is -2.06. The van der Waals surface area contributed by atoms with Crippen molar-refractivity contribution < 1.29 is 12.6 Å². The standard InChI is InChI=1S/C6H8BrNO3S2/c1-13(9,10)11-3-2-5-4-12-6(7)8-5/h4H,2-3H2,1H3. The molecule has 1 rings (SSSR count). The quantitative estimate of drug-likeness (QED) is 0.786. The number of hydrogen-bond acceptors (Lipinski definition) is 5. The van der Waals surface area contributed by atoms with E-state index < -0.39 is 10.1 Å². The molecule has 1 heterocycles. The van der Waals surface area contributed by atoms with Crippen LogP contribution in [0.1, 0.15) is 5.69 Å². The van der Waals surface area contributed by atoms with E-state index in [1.807, 2.05) is 5.38 Å². The maximum Gasteiger partial charge on any atom is 0.264 e. The number of halogens is 1. The number of rotatable bonds is 4. The fraction of sp³-hybridized carbons (Fsp3) is 0.500. The molecular formula is C6H8BrNO3S2. The second kappa shape index (κ2) is 4.50. The fourth-order valence-corrected chi connectivity index (χ4v) is 2.16. The van der Waals surface area contributed by atoms with Crippen LogP contribution < -0.4 is 0 Å². The van der Waals surface area contributed by atoms with Crippen LogP contribution in [0.3, 0.4) is 0 Å². The first-order valence-corrected chi connectivity index (χ1v) is 6.90. The third kappa shape index (κ3) is 4.70. The number of thiazole rings is 1. The molecule has 13 heavy (non-hydrogen) atoms. The summed E-state index contributed by atoms with van der Waals surface area (Å²) in [4.78, 5) is 4.09. The summed E-state index contributed by atoms with van der Waals surface area (Å²) >= 11 is 4.67. The molecule has 1 aromatic rings. The first-order valence-electron chi connectivity index (χ1n) is 3.42. The van der Waals surface area contributed by atoms with Crippen LogP contribution in [-0.2, 0) is 20.7 Å². The van der Waals surface area contributed by atoms with E-state index in [2.05, 4.69) is 25.1 Å². The van der Waals surface area contributed by atoms with Gasteiger partial charge in [0.05, 0.1) is 18.6 Å². The van der Waals surface area contributed by atoms with Gasteiger partial charge < -0.3 is 0 Å². The van der Waals surface area contributed by atoms with Gasteiger partial charge in [-0.25, -0.2) is 4.98 Å². The first kappa shape index (κ1) is 11.1. The van der Waals surface area contributed by atoms with Crippen molar-refractivity contribution in [3.8, 4) is 0 Å². The second-order valence-electron chi connectivity index (χ2n) is 2.37. The predicted octanol–water partition coefficient (Wildman–Crippen LogP) is 1.42. The Labute approximate surface area is 89.2 Å². The van der Waals surface area contributed by atoms with Gasteiger partial charge in [-0.15, -0.1) is 11.3 Å². The van der Waals surface area contributed by atoms with Crippen LogP contribution in [0, 0.1) is 0 Å². The van der Waals surface area contributed by atoms with E-state index in [0.29, 0.717) is 6.42 Å². The largest absolute Gasteiger partial charge is 0.270 e. The summed E-state index contributed by atoms with van der Waals surface area (Å²) in [6.45, 7) is 0.148. The number of nitrogens with zero attached hydrogens (tertiary/aromatic N) is 1. The molecule has 0 N–H and O–H groups in total. The minimum absolute atomic E-state index is 0.148. The van der Waals surface area contributed by atoms with Gasteiger partial charge in [0.25, 0.3) is 10.1 Å². The Morgan fingerprint density at radius 2 is 2.38 bits per heavy atom. The summed E-state index contributed by atoms with van der Waals surface area (Å²) in [7, 11) is -3.32. The molecule has 0 saturated heterocycles. The zero-order valence-corrected chi connectivity index (χ0v) is 10.1. The zero-order valence-electron chi connectivity index (χ0n) is 6.86. The highest BCUT2D eigenvalue weighted by atomic mass is 79.9. The maximum absolute atomic E-state index is 10.6. The molecule has 0 amide bonds. The van der Waals surface area contributed by atoms with Crippen LogP contribution >= 0.6 is 27.3 Å². The molecule has 0 aliphatic carbocycles. The highest BCUT2D eigenvalue weighted by Gasteiger charge is 2.03. The summed E-state index contributed by atoms with van der Waals surface area (Å²) in [5.74, 6) is 0. The smallest absolute Gasteiger partial charge is 0.264 e. The van der Waals surface area contributed by atoms with Gasteiger partial charge in [-0.05, 0) is 15.9 Å². The molecule has 0 aliphatic heterocycles. The predicted molar refractivity (Wildman–Crippen MR) is 54.3 cm³/mol. The van der Waals surface area contributed by atoms with E-state index in [0.717, 1.165) is 15.9 Å². The van der Waals surface area contributed by atoms with E-state index in [-0.39, 0.29) is 6.61 Å². The van der Waals surface area contributed by atoms with Crippen LogP contribution in [0.2, 0.25) is 0 Å². The Hall–Kier alpha value is 0.0200.